The third-order valence-electron chi connectivity index (χ3n) is 7.75. The summed E-state index contributed by atoms with van der Waals surface area (Å²) < 4.78 is 54.0. The smallest absolute Gasteiger partial charge is 0.305 e. The lowest BCUT2D eigenvalue weighted by Crippen LogP contribution is -2.40. The van der Waals surface area contributed by atoms with Gasteiger partial charge in [-0.1, -0.05) is 54.5 Å². The van der Waals surface area contributed by atoms with Crippen molar-refractivity contribution in [3.8, 4) is 0 Å². The van der Waals surface area contributed by atoms with Crippen LogP contribution in [0.25, 0.3) is 0 Å². The quantitative estimate of drug-likeness (QED) is 0.101. The van der Waals surface area contributed by atoms with Gasteiger partial charge < -0.3 is 18.9 Å². The molecular formula is C27H43F2IO5. The first-order valence-corrected chi connectivity index (χ1v) is 14.7. The maximum absolute atomic E-state index is 15.7. The van der Waals surface area contributed by atoms with E-state index >= 15 is 8.78 Å². The minimum atomic E-state index is -1.51. The van der Waals surface area contributed by atoms with Gasteiger partial charge in [0.15, 0.2) is 6.29 Å². The molecule has 0 spiro atoms. The molecule has 0 aromatic carbocycles. The number of alkyl halides is 3. The number of rotatable bonds is 13. The molecule has 2 aliphatic heterocycles. The molecule has 0 radical (unpaired) electrons. The van der Waals surface area contributed by atoms with Crippen molar-refractivity contribution in [3.63, 3.8) is 0 Å². The Morgan fingerprint density at radius 3 is 2.74 bits per heavy atom. The maximum atomic E-state index is 15.7. The summed E-state index contributed by atoms with van der Waals surface area (Å²) in [5.74, 6) is -0.463. The van der Waals surface area contributed by atoms with E-state index in [0.29, 0.717) is 32.3 Å². The van der Waals surface area contributed by atoms with Gasteiger partial charge in [0.2, 0.25) is 0 Å². The molecular weight excluding hydrogens is 569 g/mol. The van der Waals surface area contributed by atoms with Crippen LogP contribution in [0.5, 0.6) is 0 Å². The van der Waals surface area contributed by atoms with Crippen LogP contribution in [0.1, 0.15) is 84.5 Å². The standard InChI is InChI=1S/C27H43F2IO5/c1-4-5-16-27(2,29)21(35-23-11-6-7-17-33-23)15-13-18-12-14-20-24(18)25(28)26(34-20)19(30)9-8-10-22(31)32-3/h13,15,18-21,23-26H,4-12,14,16-17H2,1-3H3/t18-,19?,20-,21-,23?,24-,25+,26+,27?/m1/s1. The van der Waals surface area contributed by atoms with Crippen molar-refractivity contribution in [1.82, 2.24) is 0 Å². The van der Waals surface area contributed by atoms with Gasteiger partial charge in [-0.05, 0) is 64.2 Å². The van der Waals surface area contributed by atoms with E-state index < -0.39 is 24.0 Å². The van der Waals surface area contributed by atoms with Crippen LogP contribution in [-0.2, 0) is 23.7 Å². The number of carbonyl (C=O) groups excluding carboxylic acids is 1. The van der Waals surface area contributed by atoms with Gasteiger partial charge in [0, 0.05) is 22.9 Å². The molecule has 0 amide bonds. The molecule has 0 N–H and O–H groups in total. The first kappa shape index (κ1) is 29.2. The topological polar surface area (TPSA) is 54.0 Å². The molecule has 3 unspecified atom stereocenters. The number of fused-ring (bicyclic) bond motifs is 1. The Labute approximate surface area is 223 Å². The first-order valence-electron chi connectivity index (χ1n) is 13.4. The zero-order valence-electron chi connectivity index (χ0n) is 21.4. The van der Waals surface area contributed by atoms with Crippen molar-refractivity contribution in [2.24, 2.45) is 11.8 Å². The van der Waals surface area contributed by atoms with Crippen LogP contribution in [0.15, 0.2) is 12.2 Å². The summed E-state index contributed by atoms with van der Waals surface area (Å²) in [5, 5.41) is 0. The monoisotopic (exact) mass is 612 g/mol. The number of hydrogen-bond donors (Lipinski definition) is 0. The van der Waals surface area contributed by atoms with Gasteiger partial charge >= 0.3 is 5.97 Å². The van der Waals surface area contributed by atoms with E-state index in [9.17, 15) is 4.79 Å². The second-order valence-electron chi connectivity index (χ2n) is 10.5. The molecule has 0 bridgehead atoms. The van der Waals surface area contributed by atoms with E-state index in [0.717, 1.165) is 44.9 Å². The number of methoxy groups -OCH3 is 1. The fourth-order valence-corrected chi connectivity index (χ4v) is 6.61. The number of ether oxygens (including phenoxy) is 4. The number of esters is 1. The van der Waals surface area contributed by atoms with Crippen LogP contribution in [0, 0.1) is 11.8 Å². The Morgan fingerprint density at radius 1 is 1.26 bits per heavy atom. The van der Waals surface area contributed by atoms with Gasteiger partial charge in [0.25, 0.3) is 0 Å². The van der Waals surface area contributed by atoms with Crippen molar-refractivity contribution in [2.75, 3.05) is 13.7 Å². The number of carbonyl (C=O) groups is 1. The molecule has 202 valence electrons. The summed E-state index contributed by atoms with van der Waals surface area (Å²) in [6.07, 6.45) is 9.31. The zero-order valence-corrected chi connectivity index (χ0v) is 23.6. The third-order valence-corrected chi connectivity index (χ3v) is 9.08. The van der Waals surface area contributed by atoms with Gasteiger partial charge in [-0.15, -0.1) is 0 Å². The largest absolute Gasteiger partial charge is 0.469 e. The summed E-state index contributed by atoms with van der Waals surface area (Å²) in [4.78, 5) is 11.4. The van der Waals surface area contributed by atoms with E-state index in [-0.39, 0.29) is 34.1 Å². The van der Waals surface area contributed by atoms with Crippen molar-refractivity contribution in [1.29, 1.82) is 0 Å². The zero-order chi connectivity index (χ0) is 25.4. The van der Waals surface area contributed by atoms with Gasteiger partial charge in [-0.2, -0.15) is 0 Å². The number of unbranched alkanes of at least 4 members (excludes halogenated alkanes) is 1. The van der Waals surface area contributed by atoms with E-state index in [1.54, 1.807) is 6.92 Å². The Kier molecular flexibility index (Phi) is 11.7. The minimum absolute atomic E-state index is 0.000909. The van der Waals surface area contributed by atoms with Crippen LogP contribution < -0.4 is 0 Å². The molecule has 2 heterocycles. The van der Waals surface area contributed by atoms with Crippen molar-refractivity contribution in [3.05, 3.63) is 12.2 Å². The fraction of sp³-hybridized carbons (Fsp3) is 0.889. The van der Waals surface area contributed by atoms with Crippen LogP contribution in [-0.4, -0.2) is 60.1 Å². The highest BCUT2D eigenvalue weighted by Gasteiger charge is 2.53. The molecule has 5 nitrogen and oxygen atoms in total. The van der Waals surface area contributed by atoms with E-state index in [1.807, 2.05) is 12.2 Å². The Balaban J connectivity index is 1.62. The van der Waals surface area contributed by atoms with Crippen molar-refractivity contribution in [2.45, 2.75) is 125 Å². The molecule has 35 heavy (non-hydrogen) atoms. The molecule has 1 saturated carbocycles. The van der Waals surface area contributed by atoms with Crippen molar-refractivity contribution >= 4 is 28.6 Å². The Bertz CT molecular complexity index is 684. The molecule has 3 fully saturated rings. The van der Waals surface area contributed by atoms with Crippen LogP contribution in [0.2, 0.25) is 0 Å². The van der Waals surface area contributed by atoms with Gasteiger partial charge in [-0.25, -0.2) is 8.78 Å². The summed E-state index contributed by atoms with van der Waals surface area (Å²) in [7, 11) is 1.38. The fourth-order valence-electron chi connectivity index (χ4n) is 5.61. The van der Waals surface area contributed by atoms with Crippen LogP contribution >= 0.6 is 22.6 Å². The minimum Gasteiger partial charge on any atom is -0.469 e. The highest BCUT2D eigenvalue weighted by Crippen LogP contribution is 2.47. The molecule has 8 heteroatoms. The second kappa shape index (κ2) is 14.0. The molecule has 3 aliphatic rings. The van der Waals surface area contributed by atoms with Crippen LogP contribution in [0.3, 0.4) is 0 Å². The Morgan fingerprint density at radius 2 is 2.06 bits per heavy atom. The molecule has 1 aliphatic carbocycles. The average molecular weight is 613 g/mol. The first-order chi connectivity index (χ1) is 16.8. The van der Waals surface area contributed by atoms with Gasteiger partial charge in [0.1, 0.15) is 24.0 Å². The molecule has 9 atom stereocenters. The van der Waals surface area contributed by atoms with E-state index in [4.69, 9.17) is 18.9 Å². The summed E-state index contributed by atoms with van der Waals surface area (Å²) in [6, 6.07) is 0. The normalized spacial score (nSPS) is 34.5. The molecule has 0 aromatic rings. The lowest BCUT2D eigenvalue weighted by Gasteiger charge is -2.33. The molecule has 2 saturated heterocycles. The highest BCUT2D eigenvalue weighted by atomic mass is 127. The lowest BCUT2D eigenvalue weighted by atomic mass is 9.87. The second-order valence-corrected chi connectivity index (χ2v) is 12.1. The maximum Gasteiger partial charge on any atom is 0.305 e. The SMILES string of the molecule is CCCCC(C)(F)[C@@H](C=C[C@H]1CC[C@H]2O[C@@H](C(I)CCCC(=O)OC)[C@@H](F)[C@H]12)OC1CCCCO1. The molecule has 3 rings (SSSR count). The summed E-state index contributed by atoms with van der Waals surface area (Å²) >= 11 is 2.25. The van der Waals surface area contributed by atoms with E-state index in [2.05, 4.69) is 29.5 Å². The van der Waals surface area contributed by atoms with Gasteiger partial charge in [0.05, 0.1) is 13.2 Å². The van der Waals surface area contributed by atoms with Crippen molar-refractivity contribution < 1.29 is 32.5 Å². The number of halogens is 3. The molecule has 0 aromatic heterocycles. The predicted molar refractivity (Wildman–Crippen MR) is 140 cm³/mol. The highest BCUT2D eigenvalue weighted by molar-refractivity contribution is 14.1. The number of allylic oxidation sites excluding steroid dienone is 1. The lowest BCUT2D eigenvalue weighted by molar-refractivity contribution is -0.201. The summed E-state index contributed by atoms with van der Waals surface area (Å²) in [5.41, 5.74) is -1.51. The summed E-state index contributed by atoms with van der Waals surface area (Å²) in [6.45, 7) is 4.31. The predicted octanol–water partition coefficient (Wildman–Crippen LogP) is 6.65. The van der Waals surface area contributed by atoms with Crippen LogP contribution in [0.4, 0.5) is 8.78 Å². The van der Waals surface area contributed by atoms with Gasteiger partial charge in [-0.3, -0.25) is 4.79 Å². The average Bonchev–Trinajstić information content (AvgIpc) is 3.40. The Hall–Kier alpha value is -0.320. The number of hydrogen-bond acceptors (Lipinski definition) is 5. The third kappa shape index (κ3) is 8.08. The van der Waals surface area contributed by atoms with E-state index in [1.165, 1.54) is 7.11 Å².